The molecule has 0 aromatic carbocycles. The molecule has 1 fully saturated rings. The van der Waals surface area contributed by atoms with Gasteiger partial charge in [0, 0.05) is 37.1 Å². The van der Waals surface area contributed by atoms with Crippen LogP contribution >= 0.6 is 11.3 Å². The van der Waals surface area contributed by atoms with E-state index in [1.54, 1.807) is 28.9 Å². The number of aryl methyl sites for hydroxylation is 1. The summed E-state index contributed by atoms with van der Waals surface area (Å²) in [6, 6.07) is 4.68. The number of aromatic nitrogens is 2. The number of rotatable bonds is 3. The lowest BCUT2D eigenvalue weighted by Gasteiger charge is -2.25. The molecule has 0 atom stereocenters. The van der Waals surface area contributed by atoms with E-state index in [1.165, 1.54) is 22.1 Å². The quantitative estimate of drug-likeness (QED) is 0.853. The predicted molar refractivity (Wildman–Crippen MR) is 85.4 cm³/mol. The molecule has 1 aliphatic heterocycles. The third-order valence-corrected chi connectivity index (χ3v) is 7.05. The fraction of sp³-hybridized carbons (Fsp3) is 0.429. The number of hydrogen-bond donors (Lipinski definition) is 0. The molecule has 22 heavy (non-hydrogen) atoms. The summed E-state index contributed by atoms with van der Waals surface area (Å²) in [5.74, 6) is 0. The van der Waals surface area contributed by atoms with E-state index in [9.17, 15) is 13.2 Å². The Hall–Kier alpha value is -1.51. The van der Waals surface area contributed by atoms with E-state index in [-0.39, 0.29) is 5.56 Å². The van der Waals surface area contributed by atoms with Gasteiger partial charge in [0.05, 0.1) is 5.69 Å². The van der Waals surface area contributed by atoms with Crippen molar-refractivity contribution in [1.29, 1.82) is 0 Å². The molecule has 8 heteroatoms. The van der Waals surface area contributed by atoms with Gasteiger partial charge in [-0.05, 0) is 25.0 Å². The monoisotopic (exact) mass is 339 g/mol. The van der Waals surface area contributed by atoms with Crippen LogP contribution in [0.15, 0.2) is 32.6 Å². The number of hydrogen-bond acceptors (Lipinski definition) is 5. The fourth-order valence-corrected chi connectivity index (χ4v) is 5.32. The second-order valence-electron chi connectivity index (χ2n) is 5.30. The van der Waals surface area contributed by atoms with Crippen LogP contribution in [0.25, 0.3) is 11.3 Å². The van der Waals surface area contributed by atoms with Crippen molar-refractivity contribution >= 4 is 21.4 Å². The van der Waals surface area contributed by atoms with Gasteiger partial charge in [0.15, 0.2) is 0 Å². The van der Waals surface area contributed by atoms with Crippen molar-refractivity contribution in [1.82, 2.24) is 14.1 Å². The molecule has 0 unspecified atom stereocenters. The SMILES string of the molecule is Cn1nc(-c2csc(S(=O)(=O)N3CCCCC3)c2)ccc1=O. The minimum absolute atomic E-state index is 0.194. The second kappa shape index (κ2) is 5.94. The van der Waals surface area contributed by atoms with Gasteiger partial charge < -0.3 is 0 Å². The maximum Gasteiger partial charge on any atom is 0.266 e. The van der Waals surface area contributed by atoms with Gasteiger partial charge in [-0.25, -0.2) is 13.1 Å². The van der Waals surface area contributed by atoms with E-state index >= 15 is 0 Å². The molecule has 1 saturated heterocycles. The van der Waals surface area contributed by atoms with Gasteiger partial charge in [-0.15, -0.1) is 11.3 Å². The predicted octanol–water partition coefficient (Wildman–Crippen LogP) is 1.68. The molecular formula is C14H17N3O3S2. The molecule has 0 amide bonds. The molecule has 118 valence electrons. The smallest absolute Gasteiger partial charge is 0.266 e. The number of nitrogens with zero attached hydrogens (tertiary/aromatic N) is 3. The lowest BCUT2D eigenvalue weighted by molar-refractivity contribution is 0.347. The van der Waals surface area contributed by atoms with E-state index in [2.05, 4.69) is 5.10 Å². The third-order valence-electron chi connectivity index (χ3n) is 3.74. The Morgan fingerprint density at radius 2 is 1.91 bits per heavy atom. The Bertz CT molecular complexity index is 833. The third kappa shape index (κ3) is 2.86. The Kier molecular flexibility index (Phi) is 4.16. The van der Waals surface area contributed by atoms with Gasteiger partial charge in [-0.1, -0.05) is 6.42 Å². The summed E-state index contributed by atoms with van der Waals surface area (Å²) in [7, 11) is -1.84. The molecule has 0 spiro atoms. The van der Waals surface area contributed by atoms with Crippen LogP contribution in [0.2, 0.25) is 0 Å². The molecule has 0 aliphatic carbocycles. The zero-order chi connectivity index (χ0) is 15.7. The molecule has 0 N–H and O–H groups in total. The van der Waals surface area contributed by atoms with E-state index in [0.29, 0.717) is 23.0 Å². The van der Waals surface area contributed by atoms with Crippen LogP contribution in [0.5, 0.6) is 0 Å². The minimum Gasteiger partial charge on any atom is -0.268 e. The molecule has 3 rings (SSSR count). The average Bonchev–Trinajstić information content (AvgIpc) is 3.01. The Labute approximate surface area is 133 Å². The summed E-state index contributed by atoms with van der Waals surface area (Å²) in [5, 5.41) is 5.92. The van der Waals surface area contributed by atoms with E-state index in [4.69, 9.17) is 0 Å². The first-order chi connectivity index (χ1) is 10.5. The average molecular weight is 339 g/mol. The Morgan fingerprint density at radius 3 is 2.59 bits per heavy atom. The fourth-order valence-electron chi connectivity index (χ4n) is 2.47. The van der Waals surface area contributed by atoms with Crippen molar-refractivity contribution in [2.75, 3.05) is 13.1 Å². The maximum absolute atomic E-state index is 12.6. The van der Waals surface area contributed by atoms with Gasteiger partial charge in [0.2, 0.25) is 0 Å². The van der Waals surface area contributed by atoms with Gasteiger partial charge in [0.1, 0.15) is 4.21 Å². The molecular weight excluding hydrogens is 322 g/mol. The van der Waals surface area contributed by atoms with Crippen LogP contribution in [0.4, 0.5) is 0 Å². The van der Waals surface area contributed by atoms with E-state index in [1.807, 2.05) is 0 Å². The highest BCUT2D eigenvalue weighted by atomic mass is 32.2. The number of piperidine rings is 1. The summed E-state index contributed by atoms with van der Waals surface area (Å²) in [4.78, 5) is 11.4. The van der Waals surface area contributed by atoms with Crippen LogP contribution in [0.3, 0.4) is 0 Å². The van der Waals surface area contributed by atoms with Gasteiger partial charge in [-0.3, -0.25) is 4.79 Å². The first kappa shape index (κ1) is 15.4. The molecule has 0 radical (unpaired) electrons. The lowest BCUT2D eigenvalue weighted by atomic mass is 10.2. The second-order valence-corrected chi connectivity index (χ2v) is 8.38. The summed E-state index contributed by atoms with van der Waals surface area (Å²) >= 11 is 1.20. The topological polar surface area (TPSA) is 72.3 Å². The molecule has 2 aromatic rings. The normalized spacial score (nSPS) is 16.8. The minimum atomic E-state index is -3.41. The molecule has 0 bridgehead atoms. The standard InChI is InChI=1S/C14H17N3O3S2/c1-16-13(18)6-5-12(15-16)11-9-14(21-10-11)22(19,20)17-7-3-2-4-8-17/h5-6,9-10H,2-4,7-8H2,1H3. The van der Waals surface area contributed by atoms with Crippen LogP contribution in [0.1, 0.15) is 19.3 Å². The van der Waals surface area contributed by atoms with Crippen molar-refractivity contribution in [2.24, 2.45) is 7.05 Å². The summed E-state index contributed by atoms with van der Waals surface area (Å²) in [5.41, 5.74) is 1.12. The summed E-state index contributed by atoms with van der Waals surface area (Å²) in [6.45, 7) is 1.18. The number of sulfonamides is 1. The van der Waals surface area contributed by atoms with Crippen LogP contribution in [-0.4, -0.2) is 35.6 Å². The van der Waals surface area contributed by atoms with Crippen molar-refractivity contribution in [3.63, 3.8) is 0 Å². The molecule has 6 nitrogen and oxygen atoms in total. The van der Waals surface area contributed by atoms with Crippen LogP contribution in [-0.2, 0) is 17.1 Å². The molecule has 1 aliphatic rings. The highest BCUT2D eigenvalue weighted by Gasteiger charge is 2.27. The van der Waals surface area contributed by atoms with Crippen LogP contribution < -0.4 is 5.56 Å². The zero-order valence-electron chi connectivity index (χ0n) is 12.2. The molecule has 3 heterocycles. The van der Waals surface area contributed by atoms with E-state index < -0.39 is 10.0 Å². The molecule has 0 saturated carbocycles. The van der Waals surface area contributed by atoms with Crippen LogP contribution in [0, 0.1) is 0 Å². The maximum atomic E-state index is 12.6. The van der Waals surface area contributed by atoms with Gasteiger partial charge >= 0.3 is 0 Å². The van der Waals surface area contributed by atoms with Crippen molar-refractivity contribution in [2.45, 2.75) is 23.5 Å². The van der Waals surface area contributed by atoms with E-state index in [0.717, 1.165) is 24.8 Å². The van der Waals surface area contributed by atoms with Crippen molar-refractivity contribution in [3.05, 3.63) is 33.9 Å². The van der Waals surface area contributed by atoms with Crippen molar-refractivity contribution in [3.8, 4) is 11.3 Å². The van der Waals surface area contributed by atoms with Gasteiger partial charge in [0.25, 0.3) is 15.6 Å². The summed E-state index contributed by atoms with van der Waals surface area (Å²) in [6.07, 6.45) is 2.92. The first-order valence-electron chi connectivity index (χ1n) is 7.12. The number of thiophene rings is 1. The Morgan fingerprint density at radius 1 is 1.18 bits per heavy atom. The first-order valence-corrected chi connectivity index (χ1v) is 9.44. The Balaban J connectivity index is 1.92. The summed E-state index contributed by atoms with van der Waals surface area (Å²) < 4.78 is 28.4. The highest BCUT2D eigenvalue weighted by molar-refractivity contribution is 7.91. The molecule has 2 aromatic heterocycles. The zero-order valence-corrected chi connectivity index (χ0v) is 13.9. The largest absolute Gasteiger partial charge is 0.268 e. The van der Waals surface area contributed by atoms with Gasteiger partial charge in [-0.2, -0.15) is 9.40 Å². The highest BCUT2D eigenvalue weighted by Crippen LogP contribution is 2.30. The lowest BCUT2D eigenvalue weighted by Crippen LogP contribution is -2.35. The van der Waals surface area contributed by atoms with Crippen molar-refractivity contribution < 1.29 is 8.42 Å².